The first-order valence-electron chi connectivity index (χ1n) is 6.26. The summed E-state index contributed by atoms with van der Waals surface area (Å²) in [6.07, 6.45) is 1.47. The van der Waals surface area contributed by atoms with Gasteiger partial charge >= 0.3 is 5.97 Å². The van der Waals surface area contributed by atoms with E-state index in [1.807, 2.05) is 0 Å². The Morgan fingerprint density at radius 3 is 3.05 bits per heavy atom. The van der Waals surface area contributed by atoms with E-state index in [2.05, 4.69) is 36.6 Å². The molecule has 0 saturated heterocycles. The Kier molecular flexibility index (Phi) is 5.42. The zero-order chi connectivity index (χ0) is 15.9. The standard InChI is InChI=1S/C12H13BrN6O3/c1-2-21-11(20)7-22-10-4-3-9(13)5-8(10)6-15-19-12(14)16-17-18-19/h3-6H,2,7H2,1H3,(H2,14,16,18). The molecule has 2 rings (SSSR count). The maximum Gasteiger partial charge on any atom is 0.344 e. The number of rotatable bonds is 6. The van der Waals surface area contributed by atoms with Crippen LogP contribution in [0.25, 0.3) is 0 Å². The molecule has 0 fully saturated rings. The normalized spacial score (nSPS) is 10.8. The van der Waals surface area contributed by atoms with Crippen LogP contribution in [0.5, 0.6) is 5.75 Å². The number of benzene rings is 1. The minimum atomic E-state index is -0.446. The van der Waals surface area contributed by atoms with E-state index in [4.69, 9.17) is 15.2 Å². The molecule has 2 aromatic rings. The van der Waals surface area contributed by atoms with Crippen LogP contribution in [0, 0.1) is 0 Å². The van der Waals surface area contributed by atoms with Gasteiger partial charge in [-0.25, -0.2) is 4.79 Å². The molecular weight excluding hydrogens is 356 g/mol. The number of ether oxygens (including phenoxy) is 2. The Labute approximate surface area is 134 Å². The fraction of sp³-hybridized carbons (Fsp3) is 0.250. The molecule has 0 aliphatic rings. The van der Waals surface area contributed by atoms with Gasteiger partial charge in [-0.05, 0) is 35.5 Å². The second-order valence-corrected chi connectivity index (χ2v) is 4.86. The van der Waals surface area contributed by atoms with Crippen molar-refractivity contribution in [1.82, 2.24) is 20.3 Å². The van der Waals surface area contributed by atoms with Crippen LogP contribution in [0.2, 0.25) is 0 Å². The molecular formula is C12H13BrN6O3. The number of hydrogen-bond acceptors (Lipinski definition) is 8. The van der Waals surface area contributed by atoms with E-state index >= 15 is 0 Å². The summed E-state index contributed by atoms with van der Waals surface area (Å²) in [6.45, 7) is 1.84. The molecule has 0 unspecified atom stereocenters. The summed E-state index contributed by atoms with van der Waals surface area (Å²) in [4.78, 5) is 12.4. The summed E-state index contributed by atoms with van der Waals surface area (Å²) < 4.78 is 11.1. The summed E-state index contributed by atoms with van der Waals surface area (Å²) in [6, 6.07) is 5.25. The number of tetrazole rings is 1. The summed E-state index contributed by atoms with van der Waals surface area (Å²) >= 11 is 3.35. The number of carbonyl (C=O) groups is 1. The van der Waals surface area contributed by atoms with E-state index in [0.717, 1.165) is 9.26 Å². The lowest BCUT2D eigenvalue weighted by atomic mass is 10.2. The Bertz CT molecular complexity index is 687. The molecule has 22 heavy (non-hydrogen) atoms. The first-order chi connectivity index (χ1) is 10.6. The largest absolute Gasteiger partial charge is 0.481 e. The molecule has 1 heterocycles. The highest BCUT2D eigenvalue weighted by Crippen LogP contribution is 2.22. The van der Waals surface area contributed by atoms with Crippen molar-refractivity contribution in [3.63, 3.8) is 0 Å². The van der Waals surface area contributed by atoms with Crippen LogP contribution in [0.1, 0.15) is 12.5 Å². The fourth-order valence-electron chi connectivity index (χ4n) is 1.48. The van der Waals surface area contributed by atoms with Crippen molar-refractivity contribution >= 4 is 34.1 Å². The summed E-state index contributed by atoms with van der Waals surface area (Å²) in [5.41, 5.74) is 6.13. The van der Waals surface area contributed by atoms with Gasteiger partial charge in [-0.2, -0.15) is 5.10 Å². The first kappa shape index (κ1) is 15.9. The van der Waals surface area contributed by atoms with Crippen molar-refractivity contribution in [2.24, 2.45) is 5.10 Å². The number of carbonyl (C=O) groups excluding carboxylic acids is 1. The number of halogens is 1. The highest BCUT2D eigenvalue weighted by molar-refractivity contribution is 9.10. The van der Waals surface area contributed by atoms with Crippen molar-refractivity contribution in [1.29, 1.82) is 0 Å². The molecule has 1 aromatic heterocycles. The van der Waals surface area contributed by atoms with Crippen LogP contribution in [-0.4, -0.2) is 45.7 Å². The molecule has 116 valence electrons. The lowest BCUT2D eigenvalue weighted by Gasteiger charge is -2.08. The molecule has 1 aromatic carbocycles. The highest BCUT2D eigenvalue weighted by atomic mass is 79.9. The number of anilines is 1. The first-order valence-corrected chi connectivity index (χ1v) is 7.05. The van der Waals surface area contributed by atoms with Gasteiger partial charge in [-0.15, -0.1) is 0 Å². The zero-order valence-corrected chi connectivity index (χ0v) is 13.2. The van der Waals surface area contributed by atoms with E-state index in [-0.39, 0.29) is 12.6 Å². The lowest BCUT2D eigenvalue weighted by Crippen LogP contribution is -2.15. The number of esters is 1. The Morgan fingerprint density at radius 2 is 2.36 bits per heavy atom. The summed E-state index contributed by atoms with van der Waals surface area (Å²) in [5, 5.41) is 14.5. The van der Waals surface area contributed by atoms with Crippen LogP contribution >= 0.6 is 15.9 Å². The number of hydrogen-bond donors (Lipinski definition) is 1. The SMILES string of the molecule is CCOC(=O)COc1ccc(Br)cc1C=Nn1nnnc1N. The zero-order valence-electron chi connectivity index (χ0n) is 11.6. The monoisotopic (exact) mass is 368 g/mol. The number of nitrogens with zero attached hydrogens (tertiary/aromatic N) is 5. The van der Waals surface area contributed by atoms with Crippen LogP contribution in [0.4, 0.5) is 5.95 Å². The van der Waals surface area contributed by atoms with Crippen LogP contribution in [0.3, 0.4) is 0 Å². The average Bonchev–Trinajstić information content (AvgIpc) is 2.89. The minimum Gasteiger partial charge on any atom is -0.481 e. The molecule has 0 aliphatic carbocycles. The maximum atomic E-state index is 11.3. The number of nitrogens with two attached hydrogens (primary N) is 1. The third-order valence-corrected chi connectivity index (χ3v) is 2.90. The third-order valence-electron chi connectivity index (χ3n) is 2.41. The highest BCUT2D eigenvalue weighted by Gasteiger charge is 2.07. The number of nitrogen functional groups attached to an aromatic ring is 1. The van der Waals surface area contributed by atoms with E-state index in [1.165, 1.54) is 6.21 Å². The fourth-order valence-corrected chi connectivity index (χ4v) is 1.86. The van der Waals surface area contributed by atoms with Gasteiger partial charge in [0.05, 0.1) is 12.8 Å². The quantitative estimate of drug-likeness (QED) is 0.592. The van der Waals surface area contributed by atoms with Gasteiger partial charge in [0, 0.05) is 10.0 Å². The van der Waals surface area contributed by atoms with Crippen molar-refractivity contribution in [3.8, 4) is 5.75 Å². The predicted molar refractivity (Wildman–Crippen MR) is 81.5 cm³/mol. The average molecular weight is 369 g/mol. The van der Waals surface area contributed by atoms with Crippen LogP contribution in [-0.2, 0) is 9.53 Å². The molecule has 0 atom stereocenters. The molecule has 0 spiro atoms. The van der Waals surface area contributed by atoms with E-state index in [0.29, 0.717) is 17.9 Å². The second-order valence-electron chi connectivity index (χ2n) is 3.95. The lowest BCUT2D eigenvalue weighted by molar-refractivity contribution is -0.145. The molecule has 0 saturated carbocycles. The maximum absolute atomic E-state index is 11.3. The third kappa shape index (κ3) is 4.25. The smallest absolute Gasteiger partial charge is 0.344 e. The molecule has 0 bridgehead atoms. The molecule has 9 nitrogen and oxygen atoms in total. The molecule has 10 heteroatoms. The van der Waals surface area contributed by atoms with Gasteiger partial charge < -0.3 is 15.2 Å². The van der Waals surface area contributed by atoms with Crippen molar-refractivity contribution in [3.05, 3.63) is 28.2 Å². The van der Waals surface area contributed by atoms with Crippen LogP contribution in [0.15, 0.2) is 27.8 Å². The minimum absolute atomic E-state index is 0.0558. The Morgan fingerprint density at radius 1 is 1.55 bits per heavy atom. The van der Waals surface area contributed by atoms with E-state index in [1.54, 1.807) is 25.1 Å². The van der Waals surface area contributed by atoms with E-state index < -0.39 is 5.97 Å². The molecule has 0 aliphatic heterocycles. The van der Waals surface area contributed by atoms with Gasteiger partial charge in [0.15, 0.2) is 6.61 Å². The van der Waals surface area contributed by atoms with Crippen molar-refractivity contribution in [2.75, 3.05) is 18.9 Å². The predicted octanol–water partition coefficient (Wildman–Crippen LogP) is 0.842. The number of aromatic nitrogens is 4. The molecule has 0 radical (unpaired) electrons. The Hall–Kier alpha value is -2.49. The summed E-state index contributed by atoms with van der Waals surface area (Å²) in [5.74, 6) is 0.0740. The second kappa shape index (κ2) is 7.50. The van der Waals surface area contributed by atoms with Gasteiger partial charge in [-0.1, -0.05) is 25.8 Å². The van der Waals surface area contributed by atoms with Gasteiger partial charge in [0.2, 0.25) is 0 Å². The van der Waals surface area contributed by atoms with Crippen LogP contribution < -0.4 is 10.5 Å². The van der Waals surface area contributed by atoms with Crippen molar-refractivity contribution < 1.29 is 14.3 Å². The molecule has 2 N–H and O–H groups in total. The summed E-state index contributed by atoms with van der Waals surface area (Å²) in [7, 11) is 0. The van der Waals surface area contributed by atoms with Gasteiger partial charge in [0.25, 0.3) is 5.95 Å². The molecule has 0 amide bonds. The topological polar surface area (TPSA) is 118 Å². The van der Waals surface area contributed by atoms with Crippen molar-refractivity contribution in [2.45, 2.75) is 6.92 Å². The van der Waals surface area contributed by atoms with E-state index in [9.17, 15) is 4.79 Å². The Balaban J connectivity index is 2.15. The van der Waals surface area contributed by atoms with Gasteiger partial charge in [0.1, 0.15) is 5.75 Å². The van der Waals surface area contributed by atoms with Gasteiger partial charge in [-0.3, -0.25) is 0 Å².